The van der Waals surface area contributed by atoms with Gasteiger partial charge in [0.1, 0.15) is 27.0 Å². The number of aromatic amines is 1. The van der Waals surface area contributed by atoms with Crippen LogP contribution in [-0.2, 0) is 24.7 Å². The topological polar surface area (TPSA) is 141 Å². The number of hydrogen-bond donors (Lipinski definition) is 2. The van der Waals surface area contributed by atoms with E-state index >= 15 is 0 Å². The number of H-pyrrole nitrogens is 1. The van der Waals surface area contributed by atoms with Gasteiger partial charge in [-0.15, -0.1) is 0 Å². The van der Waals surface area contributed by atoms with Gasteiger partial charge in [-0.05, 0) is 47.2 Å². The number of sulfone groups is 1. The van der Waals surface area contributed by atoms with Gasteiger partial charge in [-0.25, -0.2) is 21.6 Å². The van der Waals surface area contributed by atoms with Gasteiger partial charge in [0.15, 0.2) is 6.61 Å². The first kappa shape index (κ1) is 27.0. The molecule has 5 aromatic rings. The molecule has 5 rings (SSSR count). The molecule has 2 N–H and O–H groups in total. The maximum atomic E-state index is 13.6. The summed E-state index contributed by atoms with van der Waals surface area (Å²) in [6.45, 7) is -0.703. The summed E-state index contributed by atoms with van der Waals surface area (Å²) in [5.74, 6) is -0.618. The highest BCUT2D eigenvalue weighted by Crippen LogP contribution is 2.35. The van der Waals surface area contributed by atoms with Crippen molar-refractivity contribution in [1.29, 1.82) is 0 Å². The van der Waals surface area contributed by atoms with Crippen LogP contribution in [0.15, 0.2) is 99.7 Å². The lowest BCUT2D eigenvalue weighted by molar-refractivity contribution is -0.121. The largest absolute Gasteiger partial charge is 0.497 e. The quantitative estimate of drug-likeness (QED) is 0.266. The van der Waals surface area contributed by atoms with Crippen molar-refractivity contribution in [2.45, 2.75) is 14.7 Å². The number of carbonyl (C=O) groups is 1. The van der Waals surface area contributed by atoms with Crippen molar-refractivity contribution in [1.82, 2.24) is 9.71 Å². The first-order valence-electron chi connectivity index (χ1n) is 11.9. The maximum absolute atomic E-state index is 13.6. The SMILES string of the molecule is COc1ccc(OC)c(S(=O)(=O)NC(=O)COc2cccc3[nH]cc(S(=O)(=O)c4ccc5ccccc5c4)c23)c1. The molecule has 0 saturated carbocycles. The van der Waals surface area contributed by atoms with Crippen molar-refractivity contribution in [3.05, 3.63) is 85.1 Å². The third kappa shape index (κ3) is 5.06. The lowest BCUT2D eigenvalue weighted by atomic mass is 10.1. The summed E-state index contributed by atoms with van der Waals surface area (Å²) in [5, 5.41) is 1.91. The highest BCUT2D eigenvalue weighted by Gasteiger charge is 2.26. The first-order valence-corrected chi connectivity index (χ1v) is 14.8. The van der Waals surface area contributed by atoms with Gasteiger partial charge in [-0.3, -0.25) is 4.79 Å². The number of benzene rings is 4. The normalized spacial score (nSPS) is 11.8. The minimum absolute atomic E-state index is 0.0163. The molecule has 206 valence electrons. The molecule has 0 fully saturated rings. The van der Waals surface area contributed by atoms with Gasteiger partial charge in [0.25, 0.3) is 15.9 Å². The molecule has 0 spiro atoms. The summed E-state index contributed by atoms with van der Waals surface area (Å²) in [7, 11) is -5.66. The van der Waals surface area contributed by atoms with E-state index in [4.69, 9.17) is 14.2 Å². The number of rotatable bonds is 9. The van der Waals surface area contributed by atoms with Gasteiger partial charge in [0.05, 0.1) is 30.0 Å². The van der Waals surface area contributed by atoms with Crippen LogP contribution in [0.25, 0.3) is 21.7 Å². The van der Waals surface area contributed by atoms with E-state index in [1.54, 1.807) is 24.3 Å². The zero-order valence-electron chi connectivity index (χ0n) is 21.4. The second kappa shape index (κ2) is 10.5. The third-order valence-corrected chi connectivity index (χ3v) is 9.39. The molecule has 1 heterocycles. The monoisotopic (exact) mass is 580 g/mol. The average molecular weight is 581 g/mol. The molecular weight excluding hydrogens is 556 g/mol. The number of carbonyl (C=O) groups excluding carboxylic acids is 1. The predicted octanol–water partition coefficient (Wildman–Crippen LogP) is 4.06. The molecule has 0 unspecified atom stereocenters. The van der Waals surface area contributed by atoms with Crippen molar-refractivity contribution in [3.63, 3.8) is 0 Å². The van der Waals surface area contributed by atoms with Crippen LogP contribution in [0.4, 0.5) is 0 Å². The van der Waals surface area contributed by atoms with E-state index in [-0.39, 0.29) is 37.3 Å². The standard InChI is InChI=1S/C28H24N2O8S2/c1-36-20-11-13-23(37-2)25(15-20)40(34,35)30-27(31)17-38-24-9-5-8-22-28(24)26(16-29-22)39(32,33)21-12-10-18-6-3-4-7-19(18)14-21/h3-16,29H,17H2,1-2H3,(H,30,31). The molecule has 10 nitrogen and oxygen atoms in total. The lowest BCUT2D eigenvalue weighted by Crippen LogP contribution is -2.34. The summed E-state index contributed by atoms with van der Waals surface area (Å²) >= 11 is 0. The Bertz CT molecular complexity index is 1970. The molecule has 0 saturated heterocycles. The molecule has 0 aliphatic heterocycles. The number of methoxy groups -OCH3 is 2. The van der Waals surface area contributed by atoms with E-state index in [0.29, 0.717) is 5.52 Å². The molecule has 4 aromatic carbocycles. The fourth-order valence-corrected chi connectivity index (χ4v) is 6.92. The van der Waals surface area contributed by atoms with E-state index in [9.17, 15) is 21.6 Å². The minimum atomic E-state index is -4.34. The predicted molar refractivity (Wildman–Crippen MR) is 148 cm³/mol. The second-order valence-electron chi connectivity index (χ2n) is 8.68. The Kier molecular flexibility index (Phi) is 7.13. The van der Waals surface area contributed by atoms with Gasteiger partial charge in [0.2, 0.25) is 9.84 Å². The number of amides is 1. The summed E-state index contributed by atoms with van der Waals surface area (Å²) < 4.78 is 70.9. The molecule has 40 heavy (non-hydrogen) atoms. The zero-order chi connectivity index (χ0) is 28.5. The Morgan fingerprint density at radius 1 is 0.800 bits per heavy atom. The zero-order valence-corrected chi connectivity index (χ0v) is 23.0. The Labute approximate surface area is 230 Å². The second-order valence-corrected chi connectivity index (χ2v) is 12.2. The average Bonchev–Trinajstić information content (AvgIpc) is 3.41. The number of hydrogen-bond acceptors (Lipinski definition) is 8. The lowest BCUT2D eigenvalue weighted by Gasteiger charge is -2.13. The molecule has 0 radical (unpaired) electrons. The van der Waals surface area contributed by atoms with Crippen LogP contribution in [0, 0.1) is 0 Å². The highest BCUT2D eigenvalue weighted by atomic mass is 32.2. The number of nitrogens with one attached hydrogen (secondary N) is 2. The molecule has 0 aliphatic rings. The molecule has 0 aliphatic carbocycles. The third-order valence-electron chi connectivity index (χ3n) is 6.22. The fraction of sp³-hybridized carbons (Fsp3) is 0.107. The number of fused-ring (bicyclic) bond motifs is 2. The fourth-order valence-electron chi connectivity index (χ4n) is 4.29. The van der Waals surface area contributed by atoms with Crippen LogP contribution in [0.5, 0.6) is 17.2 Å². The van der Waals surface area contributed by atoms with Crippen LogP contribution in [0.3, 0.4) is 0 Å². The van der Waals surface area contributed by atoms with Crippen LogP contribution in [0.1, 0.15) is 0 Å². The number of aromatic nitrogens is 1. The maximum Gasteiger partial charge on any atom is 0.271 e. The van der Waals surface area contributed by atoms with E-state index in [2.05, 4.69) is 4.98 Å². The summed E-state index contributed by atoms with van der Waals surface area (Å²) in [6.07, 6.45) is 1.36. The van der Waals surface area contributed by atoms with Crippen LogP contribution in [0.2, 0.25) is 0 Å². The number of ether oxygens (including phenoxy) is 3. The minimum Gasteiger partial charge on any atom is -0.497 e. The molecular formula is C28H24N2O8S2. The van der Waals surface area contributed by atoms with Crippen molar-refractivity contribution < 1.29 is 35.8 Å². The van der Waals surface area contributed by atoms with Gasteiger partial charge in [-0.1, -0.05) is 36.4 Å². The van der Waals surface area contributed by atoms with Gasteiger partial charge in [-0.2, -0.15) is 0 Å². The van der Waals surface area contributed by atoms with Gasteiger partial charge in [0, 0.05) is 12.3 Å². The Morgan fingerprint density at radius 3 is 2.33 bits per heavy atom. The summed E-state index contributed by atoms with van der Waals surface area (Å²) in [6, 6.07) is 21.2. The van der Waals surface area contributed by atoms with Crippen LogP contribution < -0.4 is 18.9 Å². The first-order chi connectivity index (χ1) is 19.1. The summed E-state index contributed by atoms with van der Waals surface area (Å²) in [5.41, 5.74) is 0.464. The van der Waals surface area contributed by atoms with Gasteiger partial charge < -0.3 is 19.2 Å². The van der Waals surface area contributed by atoms with Gasteiger partial charge >= 0.3 is 0 Å². The summed E-state index contributed by atoms with van der Waals surface area (Å²) in [4.78, 5) is 15.3. The van der Waals surface area contributed by atoms with E-state index in [1.165, 1.54) is 50.7 Å². The van der Waals surface area contributed by atoms with E-state index in [0.717, 1.165) is 10.8 Å². The van der Waals surface area contributed by atoms with E-state index < -0.39 is 32.4 Å². The molecule has 1 aromatic heterocycles. The number of sulfonamides is 1. The van der Waals surface area contributed by atoms with Crippen LogP contribution >= 0.6 is 0 Å². The Morgan fingerprint density at radius 2 is 1.57 bits per heavy atom. The Balaban J connectivity index is 1.42. The molecule has 12 heteroatoms. The molecule has 1 amide bonds. The van der Waals surface area contributed by atoms with Crippen molar-refractivity contribution in [2.75, 3.05) is 20.8 Å². The van der Waals surface area contributed by atoms with Crippen molar-refractivity contribution >= 4 is 47.4 Å². The van der Waals surface area contributed by atoms with Crippen molar-refractivity contribution in [3.8, 4) is 17.2 Å². The Hall–Kier alpha value is -4.55. The molecule has 0 bridgehead atoms. The smallest absolute Gasteiger partial charge is 0.271 e. The highest BCUT2D eigenvalue weighted by molar-refractivity contribution is 7.91. The molecule has 0 atom stereocenters. The van der Waals surface area contributed by atoms with Crippen LogP contribution in [-0.4, -0.2) is 48.6 Å². The van der Waals surface area contributed by atoms with Crippen molar-refractivity contribution in [2.24, 2.45) is 0 Å². The van der Waals surface area contributed by atoms with E-state index in [1.807, 2.05) is 29.0 Å².